The second-order valence-electron chi connectivity index (χ2n) is 3.18. The number of carbonyl (C=O) groups is 1. The summed E-state index contributed by atoms with van der Waals surface area (Å²) in [5.74, 6) is -1.02. The lowest BCUT2D eigenvalue weighted by Crippen LogP contribution is -1.89. The number of nitrogens with zero attached hydrogens (tertiary/aromatic N) is 2. The van der Waals surface area contributed by atoms with E-state index < -0.39 is 10.9 Å². The van der Waals surface area contributed by atoms with Gasteiger partial charge in [-0.25, -0.2) is 9.78 Å². The van der Waals surface area contributed by atoms with E-state index in [2.05, 4.69) is 4.98 Å². The normalized spacial score (nSPS) is 10.9. The fraction of sp³-hybridized carbons (Fsp3) is 0. The van der Waals surface area contributed by atoms with Gasteiger partial charge in [0.15, 0.2) is 0 Å². The monoisotopic (exact) mass is 282 g/mol. The van der Waals surface area contributed by atoms with Gasteiger partial charge in [-0.05, 0) is 11.6 Å². The van der Waals surface area contributed by atoms with Crippen molar-refractivity contribution >= 4 is 45.8 Å². The van der Waals surface area contributed by atoms with Gasteiger partial charge in [-0.1, -0.05) is 17.4 Å². The molecular weight excluding hydrogens is 276 g/mol. The Morgan fingerprint density at radius 2 is 2.28 bits per heavy atom. The Morgan fingerprint density at radius 3 is 2.83 bits per heavy atom. The Hall–Kier alpha value is -2.06. The first-order chi connectivity index (χ1) is 8.56. The minimum absolute atomic E-state index is 0.0695. The highest BCUT2D eigenvalue weighted by molar-refractivity contribution is 7.14. The Labute approximate surface area is 109 Å². The van der Waals surface area contributed by atoms with Crippen LogP contribution in [0.5, 0.6) is 0 Å². The van der Waals surface area contributed by atoms with Crippen LogP contribution in [-0.4, -0.2) is 21.0 Å². The average molecular weight is 282 g/mol. The average Bonchev–Trinajstić information content (AvgIpc) is 2.95. The maximum atomic E-state index is 10.6. The van der Waals surface area contributed by atoms with Crippen molar-refractivity contribution < 1.29 is 14.8 Å². The fourth-order valence-corrected chi connectivity index (χ4v) is 2.51. The van der Waals surface area contributed by atoms with Crippen LogP contribution in [0.25, 0.3) is 12.2 Å². The Bertz CT molecular complexity index is 575. The summed E-state index contributed by atoms with van der Waals surface area (Å²) >= 11 is 2.09. The molecule has 2 heterocycles. The van der Waals surface area contributed by atoms with Crippen LogP contribution >= 0.6 is 22.7 Å². The fourth-order valence-electron chi connectivity index (χ4n) is 1.15. The summed E-state index contributed by atoms with van der Waals surface area (Å²) in [5.41, 5.74) is 0.693. The summed E-state index contributed by atoms with van der Waals surface area (Å²) in [5, 5.41) is 21.5. The van der Waals surface area contributed by atoms with Crippen molar-refractivity contribution in [2.45, 2.75) is 0 Å². The number of carboxylic acids is 1. The van der Waals surface area contributed by atoms with Crippen LogP contribution < -0.4 is 0 Å². The molecule has 0 fully saturated rings. The summed E-state index contributed by atoms with van der Waals surface area (Å²) < 4.78 is 0. The van der Waals surface area contributed by atoms with Gasteiger partial charge in [0.1, 0.15) is 9.88 Å². The van der Waals surface area contributed by atoms with Gasteiger partial charge in [0.2, 0.25) is 0 Å². The Balaban J connectivity index is 2.13. The van der Waals surface area contributed by atoms with Gasteiger partial charge in [-0.3, -0.25) is 10.1 Å². The molecule has 1 N–H and O–H groups in total. The van der Waals surface area contributed by atoms with Crippen LogP contribution in [0.2, 0.25) is 0 Å². The molecule has 2 rings (SSSR count). The first-order valence-corrected chi connectivity index (χ1v) is 6.36. The first-order valence-electron chi connectivity index (χ1n) is 4.66. The molecule has 18 heavy (non-hydrogen) atoms. The highest BCUT2D eigenvalue weighted by atomic mass is 32.1. The summed E-state index contributed by atoms with van der Waals surface area (Å²) in [4.78, 5) is 24.7. The van der Waals surface area contributed by atoms with E-state index in [1.165, 1.54) is 12.3 Å². The third-order valence-corrected chi connectivity index (χ3v) is 3.79. The van der Waals surface area contributed by atoms with Gasteiger partial charge in [0.25, 0.3) is 0 Å². The molecule has 0 spiro atoms. The molecule has 0 aromatic carbocycles. The van der Waals surface area contributed by atoms with Crippen molar-refractivity contribution in [1.82, 2.24) is 4.98 Å². The number of aromatic nitrogens is 1. The Kier molecular flexibility index (Phi) is 3.49. The third kappa shape index (κ3) is 2.79. The SMILES string of the molecule is O=C(O)c1cnc(/C=C/c2csc([N+](=O)[O-])c2)s1. The highest BCUT2D eigenvalue weighted by Crippen LogP contribution is 2.24. The molecule has 0 aliphatic heterocycles. The van der Waals surface area contributed by atoms with Crippen molar-refractivity contribution in [3.8, 4) is 0 Å². The Morgan fingerprint density at radius 1 is 1.50 bits per heavy atom. The van der Waals surface area contributed by atoms with Crippen molar-refractivity contribution in [2.75, 3.05) is 0 Å². The molecular formula is C10H6N2O4S2. The standard InChI is InChI=1S/C10H6N2O4S2/c13-10(14)7-4-11-8(18-7)2-1-6-3-9(12(15)16)17-5-6/h1-5H,(H,13,14)/b2-1+. The summed E-state index contributed by atoms with van der Waals surface area (Å²) in [6.45, 7) is 0. The number of thiazole rings is 1. The van der Waals surface area contributed by atoms with Crippen molar-refractivity contribution in [3.05, 3.63) is 43.2 Å². The maximum Gasteiger partial charge on any atom is 0.347 e. The number of carboxylic acid groups (broad SMARTS) is 1. The van der Waals surface area contributed by atoms with Crippen LogP contribution in [0.15, 0.2) is 17.6 Å². The zero-order valence-corrected chi connectivity index (χ0v) is 10.4. The summed E-state index contributed by atoms with van der Waals surface area (Å²) in [7, 11) is 0. The number of hydrogen-bond acceptors (Lipinski definition) is 6. The predicted octanol–water partition coefficient (Wildman–Crippen LogP) is 2.98. The third-order valence-electron chi connectivity index (χ3n) is 1.94. The summed E-state index contributed by atoms with van der Waals surface area (Å²) in [6.07, 6.45) is 4.57. The van der Waals surface area contributed by atoms with Crippen LogP contribution in [0, 0.1) is 10.1 Å². The minimum Gasteiger partial charge on any atom is -0.477 e. The van der Waals surface area contributed by atoms with Crippen LogP contribution in [-0.2, 0) is 0 Å². The predicted molar refractivity (Wildman–Crippen MR) is 69.0 cm³/mol. The van der Waals surface area contributed by atoms with Gasteiger partial charge >= 0.3 is 11.0 Å². The molecule has 6 nitrogen and oxygen atoms in total. The quantitative estimate of drug-likeness (QED) is 0.687. The van der Waals surface area contributed by atoms with Crippen molar-refractivity contribution in [1.29, 1.82) is 0 Å². The molecule has 92 valence electrons. The van der Waals surface area contributed by atoms with Crippen LogP contribution in [0.1, 0.15) is 20.2 Å². The van der Waals surface area contributed by atoms with E-state index in [4.69, 9.17) is 5.11 Å². The van der Waals surface area contributed by atoms with Gasteiger partial charge in [-0.2, -0.15) is 0 Å². The molecule has 0 saturated carbocycles. The lowest BCUT2D eigenvalue weighted by Gasteiger charge is -1.83. The number of nitro groups is 1. The topological polar surface area (TPSA) is 93.3 Å². The van der Waals surface area contributed by atoms with E-state index in [9.17, 15) is 14.9 Å². The number of hydrogen-bond donors (Lipinski definition) is 1. The van der Waals surface area contributed by atoms with Gasteiger partial charge < -0.3 is 5.11 Å². The molecule has 2 aromatic heterocycles. The molecule has 0 aliphatic rings. The second kappa shape index (κ2) is 5.07. The summed E-state index contributed by atoms with van der Waals surface area (Å²) in [6, 6.07) is 1.45. The van der Waals surface area contributed by atoms with E-state index in [1.54, 1.807) is 17.5 Å². The van der Waals surface area contributed by atoms with E-state index in [1.807, 2.05) is 0 Å². The molecule has 2 aromatic rings. The molecule has 0 bridgehead atoms. The molecule has 0 amide bonds. The molecule has 0 unspecified atom stereocenters. The van der Waals surface area contributed by atoms with Crippen molar-refractivity contribution in [3.63, 3.8) is 0 Å². The zero-order valence-electron chi connectivity index (χ0n) is 8.77. The molecule has 8 heteroatoms. The largest absolute Gasteiger partial charge is 0.477 e. The molecule has 0 atom stereocenters. The number of rotatable bonds is 4. The van der Waals surface area contributed by atoms with Crippen LogP contribution in [0.3, 0.4) is 0 Å². The lowest BCUT2D eigenvalue weighted by atomic mass is 10.3. The van der Waals surface area contributed by atoms with Gasteiger partial charge in [0, 0.05) is 11.4 Å². The lowest BCUT2D eigenvalue weighted by molar-refractivity contribution is -0.380. The zero-order chi connectivity index (χ0) is 13.1. The van der Waals surface area contributed by atoms with E-state index in [0.717, 1.165) is 22.7 Å². The van der Waals surface area contributed by atoms with Crippen molar-refractivity contribution in [2.24, 2.45) is 0 Å². The van der Waals surface area contributed by atoms with Gasteiger partial charge in [0.05, 0.1) is 11.1 Å². The molecule has 0 radical (unpaired) electrons. The van der Waals surface area contributed by atoms with Crippen LogP contribution in [0.4, 0.5) is 5.00 Å². The molecule has 0 aliphatic carbocycles. The van der Waals surface area contributed by atoms with Gasteiger partial charge in [-0.15, -0.1) is 11.3 Å². The number of aromatic carboxylic acids is 1. The first kappa shape index (κ1) is 12.4. The van der Waals surface area contributed by atoms with E-state index in [0.29, 0.717) is 10.6 Å². The molecule has 0 saturated heterocycles. The maximum absolute atomic E-state index is 10.6. The second-order valence-corrected chi connectivity index (χ2v) is 5.13. The minimum atomic E-state index is -1.02. The van der Waals surface area contributed by atoms with E-state index >= 15 is 0 Å². The smallest absolute Gasteiger partial charge is 0.347 e. The highest BCUT2D eigenvalue weighted by Gasteiger charge is 2.08. The van der Waals surface area contributed by atoms with E-state index in [-0.39, 0.29) is 9.88 Å². The number of thiophene rings is 1.